The van der Waals surface area contributed by atoms with Crippen molar-refractivity contribution < 1.29 is 19.4 Å². The van der Waals surface area contributed by atoms with Crippen LogP contribution in [0.25, 0.3) is 0 Å². The molecule has 0 saturated heterocycles. The summed E-state index contributed by atoms with van der Waals surface area (Å²) >= 11 is 0. The molecule has 4 nitrogen and oxygen atoms in total. The highest BCUT2D eigenvalue weighted by molar-refractivity contribution is 5.86. The van der Waals surface area contributed by atoms with E-state index in [2.05, 4.69) is 0 Å². The number of fused-ring (bicyclic) bond motifs is 1. The molecule has 1 aromatic rings. The van der Waals surface area contributed by atoms with Gasteiger partial charge in [0.2, 0.25) is 0 Å². The minimum atomic E-state index is -0.735. The van der Waals surface area contributed by atoms with Crippen molar-refractivity contribution >= 4 is 5.97 Å². The minimum Gasteiger partial charge on any atom is -0.486 e. The number of hydrogen-bond acceptors (Lipinski definition) is 3. The average molecular weight is 248 g/mol. The molecule has 18 heavy (non-hydrogen) atoms. The van der Waals surface area contributed by atoms with E-state index in [1.165, 1.54) is 0 Å². The summed E-state index contributed by atoms with van der Waals surface area (Å²) in [5.41, 5.74) is 2.20. The van der Waals surface area contributed by atoms with Crippen LogP contribution in [0.4, 0.5) is 0 Å². The van der Waals surface area contributed by atoms with E-state index in [-0.39, 0.29) is 0 Å². The van der Waals surface area contributed by atoms with E-state index >= 15 is 0 Å². The van der Waals surface area contributed by atoms with Crippen LogP contribution in [0.2, 0.25) is 0 Å². The lowest BCUT2D eigenvalue weighted by molar-refractivity contribution is -0.140. The number of aliphatic carboxylic acids is 1. The summed E-state index contributed by atoms with van der Waals surface area (Å²) in [6.45, 7) is 5.00. The molecule has 2 aliphatic rings. The highest BCUT2D eigenvalue weighted by Gasteiger charge is 2.53. The molecule has 1 aromatic carbocycles. The molecule has 1 N–H and O–H groups in total. The summed E-state index contributed by atoms with van der Waals surface area (Å²) in [5.74, 6) is 0.720. The van der Waals surface area contributed by atoms with Crippen molar-refractivity contribution in [3.8, 4) is 11.5 Å². The fraction of sp³-hybridized carbons (Fsp3) is 0.500. The summed E-state index contributed by atoms with van der Waals surface area (Å²) < 4.78 is 11.2. The number of carboxylic acids is 1. The summed E-state index contributed by atoms with van der Waals surface area (Å²) in [7, 11) is 0. The standard InChI is InChI=1S/C14H16O4/c1-8-9(2)12-11(17-5-6-18-12)7-10(8)14(3-4-14)13(15)16/h7H,3-6H2,1-2H3,(H,15,16). The van der Waals surface area contributed by atoms with Crippen LogP contribution < -0.4 is 9.47 Å². The highest BCUT2D eigenvalue weighted by atomic mass is 16.6. The fourth-order valence-corrected chi connectivity index (χ4v) is 2.66. The van der Waals surface area contributed by atoms with Crippen molar-refractivity contribution in [1.29, 1.82) is 0 Å². The maximum Gasteiger partial charge on any atom is 0.314 e. The predicted molar refractivity (Wildman–Crippen MR) is 65.5 cm³/mol. The first-order valence-corrected chi connectivity index (χ1v) is 6.20. The van der Waals surface area contributed by atoms with Crippen LogP contribution >= 0.6 is 0 Å². The first-order valence-electron chi connectivity index (χ1n) is 6.20. The molecule has 1 fully saturated rings. The summed E-state index contributed by atoms with van der Waals surface area (Å²) in [4.78, 5) is 11.4. The van der Waals surface area contributed by atoms with Gasteiger partial charge in [-0.1, -0.05) is 0 Å². The number of ether oxygens (including phenoxy) is 2. The smallest absolute Gasteiger partial charge is 0.314 e. The number of carboxylic acid groups (broad SMARTS) is 1. The predicted octanol–water partition coefficient (Wildman–Crippen LogP) is 2.19. The van der Waals surface area contributed by atoms with Crippen LogP contribution in [-0.4, -0.2) is 24.3 Å². The van der Waals surface area contributed by atoms with E-state index in [9.17, 15) is 9.90 Å². The number of carbonyl (C=O) groups is 1. The van der Waals surface area contributed by atoms with E-state index in [1.54, 1.807) is 0 Å². The molecule has 1 aliphatic carbocycles. The Labute approximate surface area is 106 Å². The van der Waals surface area contributed by atoms with Crippen LogP contribution in [0.15, 0.2) is 6.07 Å². The highest BCUT2D eigenvalue weighted by Crippen LogP contribution is 2.52. The second kappa shape index (κ2) is 3.64. The van der Waals surface area contributed by atoms with Crippen molar-refractivity contribution in [3.05, 3.63) is 22.8 Å². The Balaban J connectivity index is 2.17. The molecule has 1 aliphatic heterocycles. The Morgan fingerprint density at radius 1 is 1.22 bits per heavy atom. The molecule has 4 heteroatoms. The topological polar surface area (TPSA) is 55.8 Å². The Kier molecular flexibility index (Phi) is 2.30. The monoisotopic (exact) mass is 248 g/mol. The Morgan fingerprint density at radius 3 is 2.50 bits per heavy atom. The zero-order valence-corrected chi connectivity index (χ0v) is 10.6. The van der Waals surface area contributed by atoms with Gasteiger partial charge in [0.25, 0.3) is 0 Å². The van der Waals surface area contributed by atoms with Crippen LogP contribution in [-0.2, 0) is 10.2 Å². The van der Waals surface area contributed by atoms with Gasteiger partial charge in [-0.3, -0.25) is 4.79 Å². The summed E-state index contributed by atoms with van der Waals surface area (Å²) in [5, 5.41) is 9.40. The van der Waals surface area contributed by atoms with Gasteiger partial charge in [0.15, 0.2) is 11.5 Å². The lowest BCUT2D eigenvalue weighted by Crippen LogP contribution is -2.23. The van der Waals surface area contributed by atoms with Gasteiger partial charge in [-0.2, -0.15) is 0 Å². The van der Waals surface area contributed by atoms with E-state index in [0.717, 1.165) is 22.4 Å². The number of benzene rings is 1. The molecule has 0 atom stereocenters. The van der Waals surface area contributed by atoms with Gasteiger partial charge in [-0.05, 0) is 49.4 Å². The Morgan fingerprint density at radius 2 is 1.89 bits per heavy atom. The summed E-state index contributed by atoms with van der Waals surface area (Å²) in [6, 6.07) is 1.86. The molecular formula is C14H16O4. The zero-order valence-electron chi connectivity index (χ0n) is 10.6. The lowest BCUT2D eigenvalue weighted by Gasteiger charge is -2.25. The third kappa shape index (κ3) is 1.41. The second-order valence-electron chi connectivity index (χ2n) is 5.09. The van der Waals surface area contributed by atoms with Gasteiger partial charge in [-0.15, -0.1) is 0 Å². The number of hydrogen-bond donors (Lipinski definition) is 1. The van der Waals surface area contributed by atoms with Crippen molar-refractivity contribution in [3.63, 3.8) is 0 Å². The quantitative estimate of drug-likeness (QED) is 0.871. The van der Waals surface area contributed by atoms with E-state index in [1.807, 2.05) is 19.9 Å². The molecule has 3 rings (SSSR count). The zero-order chi connectivity index (χ0) is 12.9. The molecule has 0 amide bonds. The van der Waals surface area contributed by atoms with Crippen LogP contribution in [0.5, 0.6) is 11.5 Å². The average Bonchev–Trinajstić information content (AvgIpc) is 3.15. The van der Waals surface area contributed by atoms with Gasteiger partial charge in [0, 0.05) is 0 Å². The SMILES string of the molecule is Cc1c(C2(C(=O)O)CC2)cc2c(c1C)OCCO2. The van der Waals surface area contributed by atoms with Crippen molar-refractivity contribution in [2.45, 2.75) is 32.1 Å². The van der Waals surface area contributed by atoms with Crippen molar-refractivity contribution in [2.24, 2.45) is 0 Å². The number of rotatable bonds is 2. The van der Waals surface area contributed by atoms with Crippen LogP contribution in [0.1, 0.15) is 29.5 Å². The fourth-order valence-electron chi connectivity index (χ4n) is 2.66. The van der Waals surface area contributed by atoms with Gasteiger partial charge in [-0.25, -0.2) is 0 Å². The van der Waals surface area contributed by atoms with E-state index in [0.29, 0.717) is 31.8 Å². The Bertz CT molecular complexity index is 529. The molecule has 1 heterocycles. The van der Waals surface area contributed by atoms with Crippen LogP contribution in [0.3, 0.4) is 0 Å². The molecular weight excluding hydrogens is 232 g/mol. The first-order chi connectivity index (χ1) is 8.56. The lowest BCUT2D eigenvalue weighted by atomic mass is 9.88. The maximum atomic E-state index is 11.4. The third-order valence-electron chi connectivity index (χ3n) is 4.07. The van der Waals surface area contributed by atoms with Crippen molar-refractivity contribution in [1.82, 2.24) is 0 Å². The second-order valence-corrected chi connectivity index (χ2v) is 5.09. The molecule has 0 bridgehead atoms. The minimum absolute atomic E-state index is 0.523. The molecule has 1 saturated carbocycles. The third-order valence-corrected chi connectivity index (χ3v) is 4.07. The molecule has 0 radical (unpaired) electrons. The molecule has 0 spiro atoms. The van der Waals surface area contributed by atoms with Gasteiger partial charge >= 0.3 is 5.97 Å². The normalized spacial score (nSPS) is 19.4. The molecule has 0 aromatic heterocycles. The van der Waals surface area contributed by atoms with Crippen LogP contribution in [0, 0.1) is 13.8 Å². The van der Waals surface area contributed by atoms with Gasteiger partial charge < -0.3 is 14.6 Å². The van der Waals surface area contributed by atoms with Crippen molar-refractivity contribution in [2.75, 3.05) is 13.2 Å². The Hall–Kier alpha value is -1.71. The largest absolute Gasteiger partial charge is 0.486 e. The van der Waals surface area contributed by atoms with E-state index < -0.39 is 11.4 Å². The first kappa shape index (κ1) is 11.4. The molecule has 96 valence electrons. The molecule has 0 unspecified atom stereocenters. The summed E-state index contributed by atoms with van der Waals surface area (Å²) in [6.07, 6.45) is 1.42. The maximum absolute atomic E-state index is 11.4. The van der Waals surface area contributed by atoms with Gasteiger partial charge in [0.1, 0.15) is 13.2 Å². The van der Waals surface area contributed by atoms with E-state index in [4.69, 9.17) is 9.47 Å². The van der Waals surface area contributed by atoms with Gasteiger partial charge in [0.05, 0.1) is 5.41 Å².